The number of anilines is 2. The van der Waals surface area contributed by atoms with E-state index < -0.39 is 9.84 Å². The van der Waals surface area contributed by atoms with Crippen molar-refractivity contribution in [2.24, 2.45) is 0 Å². The van der Waals surface area contributed by atoms with Crippen molar-refractivity contribution in [2.45, 2.75) is 0 Å². The fourth-order valence-corrected chi connectivity index (χ4v) is 4.83. The molecule has 0 radical (unpaired) electrons. The number of aromatic nitrogens is 2. The zero-order valence-corrected chi connectivity index (χ0v) is 14.5. The fourth-order valence-electron chi connectivity index (χ4n) is 2.85. The number of fused-ring (bicyclic) bond motifs is 1. The summed E-state index contributed by atoms with van der Waals surface area (Å²) in [7, 11) is -2.89. The van der Waals surface area contributed by atoms with Crippen LogP contribution in [0.2, 0.25) is 0 Å². The Morgan fingerprint density at radius 1 is 1.08 bits per heavy atom. The number of thiazole rings is 1. The molecule has 4 rings (SSSR count). The third kappa shape index (κ3) is 2.94. The summed E-state index contributed by atoms with van der Waals surface area (Å²) < 4.78 is 24.2. The number of benzene rings is 1. The van der Waals surface area contributed by atoms with Crippen molar-refractivity contribution in [2.75, 3.05) is 35.2 Å². The van der Waals surface area contributed by atoms with Crippen LogP contribution in [0.5, 0.6) is 0 Å². The second-order valence-electron chi connectivity index (χ2n) is 5.81. The lowest BCUT2D eigenvalue weighted by Crippen LogP contribution is -2.40. The van der Waals surface area contributed by atoms with Gasteiger partial charge in [-0.25, -0.2) is 13.4 Å². The Balaban J connectivity index is 1.66. The van der Waals surface area contributed by atoms with Crippen LogP contribution in [0, 0.1) is 0 Å². The van der Waals surface area contributed by atoms with Gasteiger partial charge in [-0.05, 0) is 23.8 Å². The molecule has 3 heterocycles. The SMILES string of the molecule is Nc1nc2ccc(-c3cncc(N4CCS(=O)(=O)CC4)c3)cc2s1. The van der Waals surface area contributed by atoms with Crippen LogP contribution in [-0.2, 0) is 9.84 Å². The van der Waals surface area contributed by atoms with E-state index in [1.807, 2.05) is 18.3 Å². The predicted octanol–water partition coefficient (Wildman–Crippen LogP) is 2.18. The van der Waals surface area contributed by atoms with Gasteiger partial charge in [0.1, 0.15) is 0 Å². The lowest BCUT2D eigenvalue weighted by atomic mass is 10.1. The number of pyridine rings is 1. The van der Waals surface area contributed by atoms with Crippen molar-refractivity contribution in [1.29, 1.82) is 0 Å². The molecule has 0 atom stereocenters. The molecule has 6 nitrogen and oxygen atoms in total. The van der Waals surface area contributed by atoms with Crippen molar-refractivity contribution in [3.8, 4) is 11.1 Å². The van der Waals surface area contributed by atoms with Gasteiger partial charge < -0.3 is 10.6 Å². The van der Waals surface area contributed by atoms with E-state index in [9.17, 15) is 8.42 Å². The zero-order chi connectivity index (χ0) is 16.7. The van der Waals surface area contributed by atoms with Gasteiger partial charge in [-0.2, -0.15) is 0 Å². The number of nitrogen functional groups attached to an aromatic ring is 1. The van der Waals surface area contributed by atoms with Gasteiger partial charge in [-0.3, -0.25) is 4.98 Å². The molecule has 1 aliphatic rings. The second-order valence-corrected chi connectivity index (χ2v) is 9.17. The first-order chi connectivity index (χ1) is 11.5. The molecule has 1 fully saturated rings. The molecule has 0 spiro atoms. The molecule has 24 heavy (non-hydrogen) atoms. The number of hydrogen-bond acceptors (Lipinski definition) is 7. The van der Waals surface area contributed by atoms with Crippen LogP contribution in [0.1, 0.15) is 0 Å². The second kappa shape index (κ2) is 5.71. The van der Waals surface area contributed by atoms with Crippen LogP contribution < -0.4 is 10.6 Å². The zero-order valence-electron chi connectivity index (χ0n) is 12.8. The van der Waals surface area contributed by atoms with E-state index >= 15 is 0 Å². The molecular formula is C16H16N4O2S2. The molecule has 2 aromatic heterocycles. The van der Waals surface area contributed by atoms with Gasteiger partial charge in [-0.15, -0.1) is 0 Å². The summed E-state index contributed by atoms with van der Waals surface area (Å²) in [5.41, 5.74) is 9.65. The molecule has 1 aliphatic heterocycles. The van der Waals surface area contributed by atoms with E-state index in [0.29, 0.717) is 18.2 Å². The third-order valence-corrected chi connectivity index (χ3v) is 6.63. The molecular weight excluding hydrogens is 344 g/mol. The molecule has 0 bridgehead atoms. The van der Waals surface area contributed by atoms with E-state index in [-0.39, 0.29) is 11.5 Å². The maximum absolute atomic E-state index is 11.6. The van der Waals surface area contributed by atoms with Gasteiger partial charge in [0, 0.05) is 24.8 Å². The third-order valence-electron chi connectivity index (χ3n) is 4.17. The summed E-state index contributed by atoms with van der Waals surface area (Å²) in [5, 5.41) is 0.559. The summed E-state index contributed by atoms with van der Waals surface area (Å²) in [6, 6.07) is 8.07. The molecule has 1 aromatic carbocycles. The Hall–Kier alpha value is -2.19. The monoisotopic (exact) mass is 360 g/mol. The quantitative estimate of drug-likeness (QED) is 0.753. The van der Waals surface area contributed by atoms with Gasteiger partial charge in [0.05, 0.1) is 33.6 Å². The normalized spacial score (nSPS) is 17.2. The van der Waals surface area contributed by atoms with Crippen LogP contribution >= 0.6 is 11.3 Å². The number of sulfone groups is 1. The van der Waals surface area contributed by atoms with Crippen LogP contribution in [-0.4, -0.2) is 43.0 Å². The number of hydrogen-bond donors (Lipinski definition) is 1. The Kier molecular flexibility index (Phi) is 3.65. The largest absolute Gasteiger partial charge is 0.375 e. The van der Waals surface area contributed by atoms with E-state index in [1.54, 1.807) is 6.20 Å². The average Bonchev–Trinajstić information content (AvgIpc) is 2.94. The number of nitrogens with zero attached hydrogens (tertiary/aromatic N) is 3. The van der Waals surface area contributed by atoms with Crippen molar-refractivity contribution >= 4 is 42.2 Å². The highest BCUT2D eigenvalue weighted by atomic mass is 32.2. The smallest absolute Gasteiger partial charge is 0.181 e. The minimum atomic E-state index is -2.89. The van der Waals surface area contributed by atoms with Crippen molar-refractivity contribution in [1.82, 2.24) is 9.97 Å². The first kappa shape index (κ1) is 15.3. The van der Waals surface area contributed by atoms with Crippen LogP contribution in [0.25, 0.3) is 21.3 Å². The molecule has 8 heteroatoms. The Bertz CT molecular complexity index is 1000. The molecule has 3 aromatic rings. The van der Waals surface area contributed by atoms with Crippen LogP contribution in [0.15, 0.2) is 36.7 Å². The van der Waals surface area contributed by atoms with Gasteiger partial charge in [0.15, 0.2) is 15.0 Å². The molecule has 0 aliphatic carbocycles. The Morgan fingerprint density at radius 3 is 2.67 bits per heavy atom. The van der Waals surface area contributed by atoms with Crippen LogP contribution in [0.3, 0.4) is 0 Å². The molecule has 124 valence electrons. The summed E-state index contributed by atoms with van der Waals surface area (Å²) in [6.07, 6.45) is 3.60. The first-order valence-corrected chi connectivity index (χ1v) is 10.2. The summed E-state index contributed by atoms with van der Waals surface area (Å²) in [4.78, 5) is 10.7. The molecule has 0 amide bonds. The average molecular weight is 360 g/mol. The van der Waals surface area contributed by atoms with Crippen molar-refractivity contribution in [3.63, 3.8) is 0 Å². The fraction of sp³-hybridized carbons (Fsp3) is 0.250. The highest BCUT2D eigenvalue weighted by Gasteiger charge is 2.22. The van der Waals surface area contributed by atoms with E-state index in [0.717, 1.165) is 27.0 Å². The van der Waals surface area contributed by atoms with Crippen LogP contribution in [0.4, 0.5) is 10.8 Å². The molecule has 0 unspecified atom stereocenters. The van der Waals surface area contributed by atoms with E-state index in [1.165, 1.54) is 11.3 Å². The summed E-state index contributed by atoms with van der Waals surface area (Å²) >= 11 is 1.46. The highest BCUT2D eigenvalue weighted by molar-refractivity contribution is 7.91. The van der Waals surface area contributed by atoms with Crippen molar-refractivity contribution < 1.29 is 8.42 Å². The minimum absolute atomic E-state index is 0.198. The summed E-state index contributed by atoms with van der Waals surface area (Å²) in [6.45, 7) is 1.02. The van der Waals surface area contributed by atoms with Gasteiger partial charge in [-0.1, -0.05) is 17.4 Å². The van der Waals surface area contributed by atoms with Gasteiger partial charge in [0.2, 0.25) is 0 Å². The molecule has 1 saturated heterocycles. The van der Waals surface area contributed by atoms with Crippen molar-refractivity contribution in [3.05, 3.63) is 36.7 Å². The lowest BCUT2D eigenvalue weighted by molar-refractivity contribution is 0.587. The maximum atomic E-state index is 11.6. The number of rotatable bonds is 2. The lowest BCUT2D eigenvalue weighted by Gasteiger charge is -2.28. The van der Waals surface area contributed by atoms with E-state index in [2.05, 4.69) is 27.0 Å². The van der Waals surface area contributed by atoms with E-state index in [4.69, 9.17) is 5.73 Å². The molecule has 0 saturated carbocycles. The molecule has 2 N–H and O–H groups in total. The Morgan fingerprint density at radius 2 is 1.88 bits per heavy atom. The standard InChI is InChI=1S/C16H16N4O2S2/c17-16-19-14-2-1-11(8-15(14)23-16)12-7-13(10-18-9-12)20-3-5-24(21,22)6-4-20/h1-2,7-10H,3-6H2,(H2,17,19). The van der Waals surface area contributed by atoms with Gasteiger partial charge >= 0.3 is 0 Å². The predicted molar refractivity (Wildman–Crippen MR) is 98.1 cm³/mol. The minimum Gasteiger partial charge on any atom is -0.375 e. The van der Waals surface area contributed by atoms with Gasteiger partial charge in [0.25, 0.3) is 0 Å². The summed E-state index contributed by atoms with van der Waals surface area (Å²) in [5.74, 6) is 0.395. The highest BCUT2D eigenvalue weighted by Crippen LogP contribution is 2.30. The first-order valence-electron chi connectivity index (χ1n) is 7.57. The topological polar surface area (TPSA) is 89.2 Å². The Labute approximate surface area is 143 Å². The maximum Gasteiger partial charge on any atom is 0.181 e. The number of nitrogens with two attached hydrogens (primary N) is 1.